The summed E-state index contributed by atoms with van der Waals surface area (Å²) in [5, 5.41) is 0. The molecule has 0 saturated heterocycles. The van der Waals surface area contributed by atoms with Crippen LogP contribution in [0.1, 0.15) is 45.1 Å². The van der Waals surface area contributed by atoms with Crippen molar-refractivity contribution in [1.82, 2.24) is 0 Å². The molecule has 0 N–H and O–H groups in total. The van der Waals surface area contributed by atoms with Crippen LogP contribution in [0.5, 0.6) is 0 Å². The zero-order valence-electron chi connectivity index (χ0n) is 15.5. The zero-order chi connectivity index (χ0) is 18.8. The van der Waals surface area contributed by atoms with Gasteiger partial charge in [0.15, 0.2) is 5.41 Å². The van der Waals surface area contributed by atoms with Gasteiger partial charge in [0, 0.05) is 17.9 Å². The molecule has 1 aliphatic rings. The number of hydrogen-bond donors (Lipinski definition) is 0. The molecular weight excluding hydrogens is 328 g/mol. The highest BCUT2D eigenvalue weighted by molar-refractivity contribution is 6.01. The maximum Gasteiger partial charge on any atom is 0.325 e. The first-order chi connectivity index (χ1) is 12.6. The van der Waals surface area contributed by atoms with E-state index in [2.05, 4.69) is 11.8 Å². The first kappa shape index (κ1) is 19.8. The van der Waals surface area contributed by atoms with Crippen molar-refractivity contribution in [2.24, 2.45) is 11.3 Å². The van der Waals surface area contributed by atoms with Gasteiger partial charge in [0.1, 0.15) is 0 Å². The third-order valence-electron chi connectivity index (χ3n) is 4.54. The molecule has 0 spiro atoms. The second-order valence-corrected chi connectivity index (χ2v) is 6.22. The van der Waals surface area contributed by atoms with Crippen LogP contribution in [0.3, 0.4) is 0 Å². The van der Waals surface area contributed by atoms with Crippen LogP contribution in [-0.2, 0) is 19.1 Å². The van der Waals surface area contributed by atoms with E-state index in [-0.39, 0.29) is 25.6 Å². The van der Waals surface area contributed by atoms with Crippen molar-refractivity contribution in [3.05, 3.63) is 48.0 Å². The van der Waals surface area contributed by atoms with E-state index in [4.69, 9.17) is 9.47 Å². The zero-order valence-corrected chi connectivity index (χ0v) is 15.5. The monoisotopic (exact) mass is 354 g/mol. The highest BCUT2D eigenvalue weighted by atomic mass is 16.6. The van der Waals surface area contributed by atoms with E-state index < -0.39 is 17.4 Å². The van der Waals surface area contributed by atoms with Crippen LogP contribution in [0.4, 0.5) is 0 Å². The molecule has 0 heterocycles. The van der Waals surface area contributed by atoms with Crippen LogP contribution in [0, 0.1) is 23.2 Å². The topological polar surface area (TPSA) is 52.6 Å². The van der Waals surface area contributed by atoms with E-state index in [9.17, 15) is 9.59 Å². The lowest BCUT2D eigenvalue weighted by Crippen LogP contribution is -2.47. The number of carbonyl (C=O) groups is 2. The Hall–Kier alpha value is -2.54. The van der Waals surface area contributed by atoms with Gasteiger partial charge in [0.25, 0.3) is 0 Å². The van der Waals surface area contributed by atoms with Crippen LogP contribution in [0.2, 0.25) is 0 Å². The fourth-order valence-corrected chi connectivity index (χ4v) is 3.21. The van der Waals surface area contributed by atoms with Crippen molar-refractivity contribution < 1.29 is 19.1 Å². The molecule has 26 heavy (non-hydrogen) atoms. The summed E-state index contributed by atoms with van der Waals surface area (Å²) >= 11 is 0. The second kappa shape index (κ2) is 9.82. The van der Waals surface area contributed by atoms with Crippen LogP contribution >= 0.6 is 0 Å². The van der Waals surface area contributed by atoms with Gasteiger partial charge in [-0.15, -0.1) is 0 Å². The molecule has 0 bridgehead atoms. The van der Waals surface area contributed by atoms with Gasteiger partial charge in [0.05, 0.1) is 13.2 Å². The molecule has 4 heteroatoms. The summed E-state index contributed by atoms with van der Waals surface area (Å²) in [4.78, 5) is 25.8. The highest BCUT2D eigenvalue weighted by Gasteiger charge is 2.53. The molecule has 1 aromatic carbocycles. The number of carbonyl (C=O) groups excluding carboxylic acids is 2. The standard InChI is InChI=1S/C22H26O4/c1-3-25-20(23)22(21(24)26-4-2,19-15-9-6-10-16-19)17-11-14-18-12-7-5-8-13-18/h5,7-9,12-13,15,19H,3-4,6,10,16-17H2,1-2H3. The number of hydrogen-bond acceptors (Lipinski definition) is 4. The van der Waals surface area contributed by atoms with Gasteiger partial charge >= 0.3 is 11.9 Å². The predicted molar refractivity (Wildman–Crippen MR) is 100 cm³/mol. The molecule has 138 valence electrons. The Morgan fingerprint density at radius 3 is 2.31 bits per heavy atom. The van der Waals surface area contributed by atoms with Crippen molar-refractivity contribution in [2.75, 3.05) is 13.2 Å². The van der Waals surface area contributed by atoms with E-state index in [1.54, 1.807) is 13.8 Å². The van der Waals surface area contributed by atoms with E-state index in [1.165, 1.54) is 0 Å². The smallest absolute Gasteiger partial charge is 0.325 e. The highest BCUT2D eigenvalue weighted by Crippen LogP contribution is 2.40. The van der Waals surface area contributed by atoms with Crippen molar-refractivity contribution in [3.63, 3.8) is 0 Å². The molecule has 0 radical (unpaired) electrons. The van der Waals surface area contributed by atoms with E-state index in [0.29, 0.717) is 0 Å². The number of allylic oxidation sites excluding steroid dienone is 2. The van der Waals surface area contributed by atoms with Crippen LogP contribution < -0.4 is 0 Å². The summed E-state index contributed by atoms with van der Waals surface area (Å²) in [5.74, 6) is 4.72. The molecule has 1 unspecified atom stereocenters. The Morgan fingerprint density at radius 2 is 1.77 bits per heavy atom. The quantitative estimate of drug-likeness (QED) is 0.336. The first-order valence-electron chi connectivity index (χ1n) is 9.20. The molecule has 0 aliphatic heterocycles. The molecule has 1 aliphatic carbocycles. The molecule has 0 fully saturated rings. The average Bonchev–Trinajstić information content (AvgIpc) is 2.67. The molecular formula is C22H26O4. The Bertz CT molecular complexity index is 676. The molecule has 0 amide bonds. The van der Waals surface area contributed by atoms with Gasteiger partial charge in [0.2, 0.25) is 0 Å². The third kappa shape index (κ3) is 4.54. The lowest BCUT2D eigenvalue weighted by molar-refractivity contribution is -0.175. The average molecular weight is 354 g/mol. The Kier molecular flexibility index (Phi) is 7.47. The maximum atomic E-state index is 12.9. The number of rotatable bonds is 6. The molecule has 0 aromatic heterocycles. The lowest BCUT2D eigenvalue weighted by atomic mass is 9.69. The van der Waals surface area contributed by atoms with Crippen LogP contribution in [0.25, 0.3) is 0 Å². The lowest BCUT2D eigenvalue weighted by Gasteiger charge is -2.34. The second-order valence-electron chi connectivity index (χ2n) is 6.22. The summed E-state index contributed by atoms with van der Waals surface area (Å²) < 4.78 is 10.6. The van der Waals surface area contributed by atoms with E-state index in [0.717, 1.165) is 24.8 Å². The predicted octanol–water partition coefficient (Wildman–Crippen LogP) is 3.90. The number of benzene rings is 1. The largest absolute Gasteiger partial charge is 0.465 e. The number of ether oxygens (including phenoxy) is 2. The normalized spacial score (nSPS) is 16.3. The van der Waals surface area contributed by atoms with Crippen LogP contribution in [0.15, 0.2) is 42.5 Å². The van der Waals surface area contributed by atoms with Gasteiger partial charge < -0.3 is 9.47 Å². The summed E-state index contributed by atoms with van der Waals surface area (Å²) in [6.45, 7) is 3.89. The minimum atomic E-state index is -1.41. The SMILES string of the molecule is CCOC(=O)C(CC#Cc1ccccc1)(C(=O)OCC)C1C=CCCC1. The van der Waals surface area contributed by atoms with Crippen molar-refractivity contribution >= 4 is 11.9 Å². The van der Waals surface area contributed by atoms with Crippen molar-refractivity contribution in [2.45, 2.75) is 39.5 Å². The minimum Gasteiger partial charge on any atom is -0.465 e. The van der Waals surface area contributed by atoms with Gasteiger partial charge in [-0.3, -0.25) is 9.59 Å². The third-order valence-corrected chi connectivity index (χ3v) is 4.54. The summed E-state index contributed by atoms with van der Waals surface area (Å²) in [5.41, 5.74) is -0.571. The molecule has 0 saturated carbocycles. The fraction of sp³-hybridized carbons (Fsp3) is 0.455. The summed E-state index contributed by atoms with van der Waals surface area (Å²) in [6, 6.07) is 9.50. The summed E-state index contributed by atoms with van der Waals surface area (Å²) in [6.07, 6.45) is 6.66. The summed E-state index contributed by atoms with van der Waals surface area (Å²) in [7, 11) is 0. The van der Waals surface area contributed by atoms with Gasteiger partial charge in [-0.2, -0.15) is 0 Å². The molecule has 2 rings (SSSR count). The number of esters is 2. The van der Waals surface area contributed by atoms with E-state index >= 15 is 0 Å². The molecule has 1 aromatic rings. The minimum absolute atomic E-state index is 0.0779. The fourth-order valence-electron chi connectivity index (χ4n) is 3.21. The maximum absolute atomic E-state index is 12.9. The molecule has 1 atom stereocenters. The van der Waals surface area contributed by atoms with Crippen molar-refractivity contribution in [3.8, 4) is 11.8 Å². The van der Waals surface area contributed by atoms with E-state index in [1.807, 2.05) is 42.5 Å². The first-order valence-corrected chi connectivity index (χ1v) is 9.20. The van der Waals surface area contributed by atoms with Crippen molar-refractivity contribution in [1.29, 1.82) is 0 Å². The van der Waals surface area contributed by atoms with Gasteiger partial charge in [-0.1, -0.05) is 42.2 Å². The van der Waals surface area contributed by atoms with Gasteiger partial charge in [-0.05, 0) is 45.2 Å². The Balaban J connectivity index is 2.41. The Labute approximate surface area is 155 Å². The molecule has 4 nitrogen and oxygen atoms in total. The van der Waals surface area contributed by atoms with Crippen LogP contribution in [-0.4, -0.2) is 25.2 Å². The Morgan fingerprint density at radius 1 is 1.12 bits per heavy atom. The van der Waals surface area contributed by atoms with Gasteiger partial charge in [-0.25, -0.2) is 0 Å².